The molecule has 15 heavy (non-hydrogen) atoms. The van der Waals surface area contributed by atoms with Crippen LogP contribution in [0.2, 0.25) is 0 Å². The first-order valence-electron chi connectivity index (χ1n) is 5.21. The fraction of sp³-hybridized carbons (Fsp3) is 0.308. The Labute approximate surface area is 89.6 Å². The van der Waals surface area contributed by atoms with Gasteiger partial charge < -0.3 is 4.74 Å². The van der Waals surface area contributed by atoms with E-state index in [1.807, 2.05) is 12.1 Å². The summed E-state index contributed by atoms with van der Waals surface area (Å²) in [6.07, 6.45) is 6.07. The van der Waals surface area contributed by atoms with Crippen molar-refractivity contribution in [3.63, 3.8) is 0 Å². The van der Waals surface area contributed by atoms with Gasteiger partial charge in [0.25, 0.3) is 0 Å². The number of carbonyl (C=O) groups is 1. The van der Waals surface area contributed by atoms with E-state index in [0.29, 0.717) is 0 Å². The topological polar surface area (TPSA) is 26.3 Å². The molecular formula is C13H14O2. The molecule has 0 saturated carbocycles. The fourth-order valence-electron chi connectivity index (χ4n) is 1.93. The molecular weight excluding hydrogens is 188 g/mol. The summed E-state index contributed by atoms with van der Waals surface area (Å²) in [5, 5.41) is 0. The molecule has 0 amide bonds. The zero-order valence-electron chi connectivity index (χ0n) is 8.56. The lowest BCUT2D eigenvalue weighted by atomic mass is 9.96. The minimum absolute atomic E-state index is 0.117. The van der Waals surface area contributed by atoms with E-state index in [0.717, 1.165) is 25.7 Å². The third-order valence-corrected chi connectivity index (χ3v) is 2.66. The molecule has 1 aliphatic heterocycles. The molecule has 0 saturated heterocycles. The highest BCUT2D eigenvalue weighted by atomic mass is 16.5. The third kappa shape index (κ3) is 2.34. The van der Waals surface area contributed by atoms with Crippen molar-refractivity contribution in [2.45, 2.75) is 18.9 Å². The Balaban J connectivity index is 2.15. The Bertz CT molecular complexity index is 369. The Kier molecular flexibility index (Phi) is 3.30. The normalized spacial score (nSPS) is 20.1. The van der Waals surface area contributed by atoms with E-state index in [4.69, 9.17) is 4.74 Å². The first-order valence-corrected chi connectivity index (χ1v) is 5.21. The first-order chi connectivity index (χ1) is 7.42. The smallest absolute Gasteiger partial charge is 0.142 e. The van der Waals surface area contributed by atoms with Crippen LogP contribution in [-0.2, 0) is 16.0 Å². The average Bonchev–Trinajstić information content (AvgIpc) is 2.30. The van der Waals surface area contributed by atoms with Gasteiger partial charge in [-0.3, -0.25) is 4.79 Å². The maximum absolute atomic E-state index is 10.2. The summed E-state index contributed by atoms with van der Waals surface area (Å²) in [5.74, 6) is 0. The minimum Gasteiger partial charge on any atom is -0.373 e. The largest absolute Gasteiger partial charge is 0.373 e. The molecule has 1 aliphatic rings. The predicted octanol–water partition coefficient (Wildman–Crippen LogP) is 2.45. The number of ether oxygens (including phenoxy) is 1. The van der Waals surface area contributed by atoms with Gasteiger partial charge in [-0.15, -0.1) is 0 Å². The van der Waals surface area contributed by atoms with Gasteiger partial charge in [-0.1, -0.05) is 30.3 Å². The van der Waals surface area contributed by atoms with E-state index in [1.54, 1.807) is 0 Å². The van der Waals surface area contributed by atoms with E-state index in [2.05, 4.69) is 18.2 Å². The van der Waals surface area contributed by atoms with E-state index < -0.39 is 0 Å². The van der Waals surface area contributed by atoms with E-state index in [9.17, 15) is 4.79 Å². The number of hydrogen-bond acceptors (Lipinski definition) is 2. The molecule has 1 atom stereocenters. The molecule has 0 bridgehead atoms. The van der Waals surface area contributed by atoms with Crippen molar-refractivity contribution in [3.8, 4) is 0 Å². The van der Waals surface area contributed by atoms with Crippen LogP contribution in [-0.4, -0.2) is 12.9 Å². The molecule has 0 spiro atoms. The molecule has 1 aromatic rings. The number of aldehydes is 1. The molecule has 0 radical (unpaired) electrons. The van der Waals surface area contributed by atoms with Crippen molar-refractivity contribution in [2.75, 3.05) is 6.61 Å². The molecule has 2 rings (SSSR count). The number of carbonyl (C=O) groups excluding carboxylic acids is 1. The molecule has 1 heterocycles. The summed E-state index contributed by atoms with van der Waals surface area (Å²) in [6, 6.07) is 8.34. The highest BCUT2D eigenvalue weighted by molar-refractivity contribution is 5.64. The number of hydrogen-bond donors (Lipinski definition) is 0. The lowest BCUT2D eigenvalue weighted by Crippen LogP contribution is -2.15. The second-order valence-electron chi connectivity index (χ2n) is 3.61. The van der Waals surface area contributed by atoms with Gasteiger partial charge in [-0.25, -0.2) is 0 Å². The van der Waals surface area contributed by atoms with Crippen LogP contribution in [0.5, 0.6) is 0 Å². The lowest BCUT2D eigenvalue weighted by molar-refractivity contribution is -0.104. The summed E-state index contributed by atoms with van der Waals surface area (Å²) in [4.78, 5) is 10.2. The SMILES string of the molecule is O=C/C=C/CC1OCCc2ccccc21. The zero-order valence-corrected chi connectivity index (χ0v) is 8.56. The number of benzene rings is 1. The molecule has 2 heteroatoms. The molecule has 1 unspecified atom stereocenters. The van der Waals surface area contributed by atoms with Gasteiger partial charge in [0.1, 0.15) is 6.29 Å². The summed E-state index contributed by atoms with van der Waals surface area (Å²) < 4.78 is 5.68. The Morgan fingerprint density at radius 2 is 2.27 bits per heavy atom. The van der Waals surface area contributed by atoms with Crippen LogP contribution in [0.3, 0.4) is 0 Å². The predicted molar refractivity (Wildman–Crippen MR) is 58.7 cm³/mol. The van der Waals surface area contributed by atoms with Crippen LogP contribution in [0.15, 0.2) is 36.4 Å². The van der Waals surface area contributed by atoms with Crippen LogP contribution < -0.4 is 0 Å². The molecule has 0 N–H and O–H groups in total. The van der Waals surface area contributed by atoms with Crippen LogP contribution in [0.25, 0.3) is 0 Å². The van der Waals surface area contributed by atoms with Crippen molar-refractivity contribution in [1.29, 1.82) is 0 Å². The van der Waals surface area contributed by atoms with Gasteiger partial charge in [0, 0.05) is 0 Å². The van der Waals surface area contributed by atoms with Gasteiger partial charge in [0.15, 0.2) is 0 Å². The maximum Gasteiger partial charge on any atom is 0.142 e. The summed E-state index contributed by atoms with van der Waals surface area (Å²) >= 11 is 0. The lowest BCUT2D eigenvalue weighted by Gasteiger charge is -2.25. The summed E-state index contributed by atoms with van der Waals surface area (Å²) in [6.45, 7) is 0.774. The summed E-state index contributed by atoms with van der Waals surface area (Å²) in [5.41, 5.74) is 2.63. The maximum atomic E-state index is 10.2. The number of rotatable bonds is 3. The van der Waals surface area contributed by atoms with Crippen molar-refractivity contribution >= 4 is 6.29 Å². The van der Waals surface area contributed by atoms with Gasteiger partial charge in [0.05, 0.1) is 12.7 Å². The molecule has 1 aromatic carbocycles. The van der Waals surface area contributed by atoms with Gasteiger partial charge in [0.2, 0.25) is 0 Å². The quantitative estimate of drug-likeness (QED) is 0.556. The van der Waals surface area contributed by atoms with E-state index in [-0.39, 0.29) is 6.10 Å². The van der Waals surface area contributed by atoms with Gasteiger partial charge >= 0.3 is 0 Å². The third-order valence-electron chi connectivity index (χ3n) is 2.66. The van der Waals surface area contributed by atoms with Crippen LogP contribution in [0.4, 0.5) is 0 Å². The minimum atomic E-state index is 0.117. The van der Waals surface area contributed by atoms with Crippen LogP contribution >= 0.6 is 0 Å². The van der Waals surface area contributed by atoms with Crippen molar-refractivity contribution in [3.05, 3.63) is 47.5 Å². The highest BCUT2D eigenvalue weighted by Gasteiger charge is 2.18. The molecule has 0 fully saturated rings. The fourth-order valence-corrected chi connectivity index (χ4v) is 1.93. The summed E-state index contributed by atoms with van der Waals surface area (Å²) in [7, 11) is 0. The monoisotopic (exact) mass is 202 g/mol. The van der Waals surface area contributed by atoms with E-state index >= 15 is 0 Å². The second kappa shape index (κ2) is 4.89. The van der Waals surface area contributed by atoms with Crippen LogP contribution in [0.1, 0.15) is 23.7 Å². The first kappa shape index (κ1) is 10.1. The number of allylic oxidation sites excluding steroid dienone is 1. The Hall–Kier alpha value is -1.41. The Morgan fingerprint density at radius 1 is 1.40 bits per heavy atom. The zero-order chi connectivity index (χ0) is 10.5. The van der Waals surface area contributed by atoms with Crippen molar-refractivity contribution in [1.82, 2.24) is 0 Å². The van der Waals surface area contributed by atoms with Crippen molar-refractivity contribution < 1.29 is 9.53 Å². The molecule has 0 aliphatic carbocycles. The second-order valence-corrected chi connectivity index (χ2v) is 3.61. The van der Waals surface area contributed by atoms with Crippen LogP contribution in [0, 0.1) is 0 Å². The standard InChI is InChI=1S/C13H14O2/c14-9-4-3-7-13-12-6-2-1-5-11(12)8-10-15-13/h1-6,9,13H,7-8,10H2/b4-3+. The molecule has 78 valence electrons. The van der Waals surface area contributed by atoms with E-state index in [1.165, 1.54) is 17.2 Å². The van der Waals surface area contributed by atoms with Crippen molar-refractivity contribution in [2.24, 2.45) is 0 Å². The molecule has 2 nitrogen and oxygen atoms in total. The van der Waals surface area contributed by atoms with Gasteiger partial charge in [-0.2, -0.15) is 0 Å². The Morgan fingerprint density at radius 3 is 3.13 bits per heavy atom. The highest BCUT2D eigenvalue weighted by Crippen LogP contribution is 2.29. The number of fused-ring (bicyclic) bond motifs is 1. The van der Waals surface area contributed by atoms with Gasteiger partial charge in [-0.05, 0) is 30.0 Å². The molecule has 0 aromatic heterocycles. The average molecular weight is 202 g/mol.